The highest BCUT2D eigenvalue weighted by molar-refractivity contribution is 9.11. The minimum Gasteiger partial charge on any atom is -0.353 e. The van der Waals surface area contributed by atoms with Gasteiger partial charge in [-0.15, -0.1) is 11.3 Å². The van der Waals surface area contributed by atoms with E-state index < -0.39 is 10.0 Å². The molecule has 2 aromatic rings. The molecule has 0 amide bonds. The molecule has 0 atom stereocenters. The Morgan fingerprint density at radius 1 is 1.39 bits per heavy atom. The van der Waals surface area contributed by atoms with Crippen LogP contribution >= 0.6 is 27.3 Å². The van der Waals surface area contributed by atoms with Crippen molar-refractivity contribution in [1.29, 1.82) is 0 Å². The van der Waals surface area contributed by atoms with E-state index in [-0.39, 0.29) is 0 Å². The van der Waals surface area contributed by atoms with Crippen LogP contribution in [0.15, 0.2) is 38.6 Å². The first-order chi connectivity index (χ1) is 8.49. The molecule has 1 N–H and O–H groups in total. The highest BCUT2D eigenvalue weighted by Gasteiger charge is 2.17. The molecule has 0 aliphatic rings. The second-order valence-corrected chi connectivity index (χ2v) is 8.20. The summed E-state index contributed by atoms with van der Waals surface area (Å²) in [7, 11) is -3.39. The van der Waals surface area contributed by atoms with E-state index in [9.17, 15) is 8.42 Å². The fraction of sp³-hybridized carbons (Fsp3) is 0.273. The topological polar surface area (TPSA) is 51.1 Å². The summed E-state index contributed by atoms with van der Waals surface area (Å²) < 4.78 is 29.7. The third-order valence-electron chi connectivity index (χ3n) is 2.43. The quantitative estimate of drug-likeness (QED) is 0.902. The Morgan fingerprint density at radius 2 is 2.06 bits per heavy atom. The van der Waals surface area contributed by atoms with Crippen molar-refractivity contribution in [2.45, 2.75) is 17.7 Å². The second kappa shape index (κ2) is 5.56. The number of sulfonamides is 1. The zero-order chi connectivity index (χ0) is 13.2. The SMILES string of the molecule is Cc1cc(S(=O)(=O)NCCn2cccc2)sc1Br. The number of nitrogens with zero attached hydrogens (tertiary/aromatic N) is 1. The molecule has 18 heavy (non-hydrogen) atoms. The van der Waals surface area contributed by atoms with Gasteiger partial charge >= 0.3 is 0 Å². The molecule has 0 aliphatic carbocycles. The minimum absolute atomic E-state index is 0.347. The molecule has 2 aromatic heterocycles. The van der Waals surface area contributed by atoms with Crippen molar-refractivity contribution in [3.8, 4) is 0 Å². The van der Waals surface area contributed by atoms with Gasteiger partial charge < -0.3 is 4.57 Å². The van der Waals surface area contributed by atoms with E-state index in [0.29, 0.717) is 17.3 Å². The first-order valence-electron chi connectivity index (χ1n) is 5.35. The summed E-state index contributed by atoms with van der Waals surface area (Å²) in [5.74, 6) is 0. The maximum absolute atomic E-state index is 12.0. The standard InChI is InChI=1S/C11H13BrN2O2S2/c1-9-8-10(17-11(9)12)18(15,16)13-4-7-14-5-2-3-6-14/h2-3,5-6,8,13H,4,7H2,1H3. The predicted octanol–water partition coefficient (Wildman–Crippen LogP) is 2.60. The van der Waals surface area contributed by atoms with E-state index in [1.165, 1.54) is 11.3 Å². The lowest BCUT2D eigenvalue weighted by Gasteiger charge is -2.05. The third-order valence-corrected chi connectivity index (χ3v) is 6.50. The van der Waals surface area contributed by atoms with Gasteiger partial charge in [-0.05, 0) is 46.6 Å². The molecule has 2 rings (SSSR count). The summed E-state index contributed by atoms with van der Waals surface area (Å²) >= 11 is 4.56. The van der Waals surface area contributed by atoms with Gasteiger partial charge in [-0.1, -0.05) is 0 Å². The summed E-state index contributed by atoms with van der Waals surface area (Å²) in [6.07, 6.45) is 3.81. The fourth-order valence-electron chi connectivity index (χ4n) is 1.46. The highest BCUT2D eigenvalue weighted by atomic mass is 79.9. The second-order valence-electron chi connectivity index (χ2n) is 3.84. The minimum atomic E-state index is -3.39. The number of thiophene rings is 1. The Balaban J connectivity index is 1.99. The number of rotatable bonds is 5. The highest BCUT2D eigenvalue weighted by Crippen LogP contribution is 2.30. The maximum Gasteiger partial charge on any atom is 0.250 e. The lowest BCUT2D eigenvalue weighted by molar-refractivity contribution is 0.575. The Hall–Kier alpha value is -0.630. The Bertz CT molecular complexity index is 598. The first-order valence-corrected chi connectivity index (χ1v) is 8.44. The average Bonchev–Trinajstić information content (AvgIpc) is 2.90. The Labute approximate surface area is 119 Å². The molecule has 98 valence electrons. The average molecular weight is 349 g/mol. The van der Waals surface area contributed by atoms with Crippen LogP contribution in [0, 0.1) is 6.92 Å². The van der Waals surface area contributed by atoms with Gasteiger partial charge in [0.25, 0.3) is 0 Å². The van der Waals surface area contributed by atoms with Crippen LogP contribution in [0.25, 0.3) is 0 Å². The lowest BCUT2D eigenvalue weighted by Crippen LogP contribution is -2.26. The molecule has 0 spiro atoms. The summed E-state index contributed by atoms with van der Waals surface area (Å²) in [6, 6.07) is 5.50. The number of nitrogens with one attached hydrogen (secondary N) is 1. The molecule has 0 radical (unpaired) electrons. The Morgan fingerprint density at radius 3 is 2.61 bits per heavy atom. The molecule has 0 aliphatic heterocycles. The fourth-order valence-corrected chi connectivity index (χ4v) is 4.75. The normalized spacial score (nSPS) is 11.9. The van der Waals surface area contributed by atoms with Crippen LogP contribution in [0.4, 0.5) is 0 Å². The first kappa shape index (κ1) is 13.8. The zero-order valence-electron chi connectivity index (χ0n) is 9.76. The van der Waals surface area contributed by atoms with Crippen molar-refractivity contribution < 1.29 is 8.42 Å². The van der Waals surface area contributed by atoms with E-state index in [4.69, 9.17) is 0 Å². The van der Waals surface area contributed by atoms with Gasteiger partial charge in [0.1, 0.15) is 4.21 Å². The number of aryl methyl sites for hydroxylation is 1. The lowest BCUT2D eigenvalue weighted by atomic mass is 10.4. The van der Waals surface area contributed by atoms with Crippen molar-refractivity contribution in [2.75, 3.05) is 6.54 Å². The van der Waals surface area contributed by atoms with Crippen LogP contribution in [-0.2, 0) is 16.6 Å². The van der Waals surface area contributed by atoms with Crippen LogP contribution in [-0.4, -0.2) is 19.5 Å². The van der Waals surface area contributed by atoms with Crippen LogP contribution in [0.1, 0.15) is 5.56 Å². The van der Waals surface area contributed by atoms with Gasteiger partial charge in [-0.2, -0.15) is 0 Å². The van der Waals surface area contributed by atoms with Crippen LogP contribution < -0.4 is 4.72 Å². The van der Waals surface area contributed by atoms with Gasteiger partial charge in [-0.3, -0.25) is 0 Å². The summed E-state index contributed by atoms with van der Waals surface area (Å²) in [4.78, 5) is 0. The number of hydrogen-bond acceptors (Lipinski definition) is 3. The number of halogens is 1. The van der Waals surface area contributed by atoms with E-state index in [1.54, 1.807) is 6.07 Å². The van der Waals surface area contributed by atoms with Crippen molar-refractivity contribution in [3.05, 3.63) is 39.9 Å². The summed E-state index contributed by atoms with van der Waals surface area (Å²) in [6.45, 7) is 2.88. The van der Waals surface area contributed by atoms with Crippen molar-refractivity contribution >= 4 is 37.3 Å². The van der Waals surface area contributed by atoms with Gasteiger partial charge in [0.2, 0.25) is 10.0 Å². The van der Waals surface area contributed by atoms with Crippen LogP contribution in [0.2, 0.25) is 0 Å². The summed E-state index contributed by atoms with van der Waals surface area (Å²) in [5, 5.41) is 0. The van der Waals surface area contributed by atoms with E-state index in [2.05, 4.69) is 20.7 Å². The molecule has 4 nitrogen and oxygen atoms in total. The van der Waals surface area contributed by atoms with Crippen LogP contribution in [0.3, 0.4) is 0 Å². The molecule has 0 saturated heterocycles. The summed E-state index contributed by atoms with van der Waals surface area (Å²) in [5.41, 5.74) is 0.936. The van der Waals surface area contributed by atoms with E-state index in [0.717, 1.165) is 9.35 Å². The molecule has 0 unspecified atom stereocenters. The molecular weight excluding hydrogens is 336 g/mol. The van der Waals surface area contributed by atoms with Crippen LogP contribution in [0.5, 0.6) is 0 Å². The predicted molar refractivity (Wildman–Crippen MR) is 76.4 cm³/mol. The zero-order valence-corrected chi connectivity index (χ0v) is 13.0. The molecule has 0 aromatic carbocycles. The number of aromatic nitrogens is 1. The molecule has 2 heterocycles. The van der Waals surface area contributed by atoms with Gasteiger partial charge in [0, 0.05) is 25.5 Å². The third kappa shape index (κ3) is 3.23. The van der Waals surface area contributed by atoms with Crippen molar-refractivity contribution in [1.82, 2.24) is 9.29 Å². The van der Waals surface area contributed by atoms with E-state index in [1.807, 2.05) is 36.0 Å². The van der Waals surface area contributed by atoms with E-state index >= 15 is 0 Å². The number of hydrogen-bond donors (Lipinski definition) is 1. The molecule has 0 bridgehead atoms. The van der Waals surface area contributed by atoms with Crippen molar-refractivity contribution in [2.24, 2.45) is 0 Å². The molecule has 7 heteroatoms. The Kier molecular flexibility index (Phi) is 4.26. The maximum atomic E-state index is 12.0. The van der Waals surface area contributed by atoms with Crippen molar-refractivity contribution in [3.63, 3.8) is 0 Å². The van der Waals surface area contributed by atoms with Gasteiger partial charge in [0.15, 0.2) is 0 Å². The van der Waals surface area contributed by atoms with Gasteiger partial charge in [-0.25, -0.2) is 13.1 Å². The molecule has 0 saturated carbocycles. The molecular formula is C11H13BrN2O2S2. The smallest absolute Gasteiger partial charge is 0.250 e. The van der Waals surface area contributed by atoms with Gasteiger partial charge in [0.05, 0.1) is 3.79 Å². The molecule has 0 fully saturated rings. The monoisotopic (exact) mass is 348 g/mol. The largest absolute Gasteiger partial charge is 0.353 e.